The standard InChI is InChI=1S/C32H39BrN2O3/c1-6-23(2)34-31(37)28(19-24-13-9-7-10-14-24)35(21-25-15-11-8-12-16-25)30(36)22-38-29-18-17-26(20-27(29)33)32(3,4)5/h7-18,20,23,28H,6,19,21-22H2,1-5H3,(H,34,37)/t23-,28+/m0/s1. The third kappa shape index (κ3) is 8.45. The van der Waals surface area contributed by atoms with Crippen LogP contribution in [0.15, 0.2) is 83.3 Å². The first-order chi connectivity index (χ1) is 18.1. The predicted molar refractivity (Wildman–Crippen MR) is 157 cm³/mol. The van der Waals surface area contributed by atoms with Crippen LogP contribution >= 0.6 is 15.9 Å². The van der Waals surface area contributed by atoms with Crippen LogP contribution in [0.25, 0.3) is 0 Å². The van der Waals surface area contributed by atoms with Gasteiger partial charge in [-0.1, -0.05) is 94.4 Å². The smallest absolute Gasteiger partial charge is 0.261 e. The first-order valence-electron chi connectivity index (χ1n) is 13.2. The van der Waals surface area contributed by atoms with E-state index in [1.165, 1.54) is 5.56 Å². The molecule has 0 saturated heterocycles. The number of halogens is 1. The second kappa shape index (κ2) is 13.6. The third-order valence-electron chi connectivity index (χ3n) is 6.62. The van der Waals surface area contributed by atoms with Crippen LogP contribution < -0.4 is 10.1 Å². The summed E-state index contributed by atoms with van der Waals surface area (Å²) >= 11 is 3.60. The topological polar surface area (TPSA) is 58.6 Å². The van der Waals surface area contributed by atoms with E-state index < -0.39 is 6.04 Å². The maximum atomic E-state index is 13.8. The van der Waals surface area contributed by atoms with Crippen LogP contribution in [0.5, 0.6) is 5.75 Å². The van der Waals surface area contributed by atoms with E-state index in [-0.39, 0.29) is 29.9 Å². The van der Waals surface area contributed by atoms with Crippen LogP contribution in [0.1, 0.15) is 57.7 Å². The van der Waals surface area contributed by atoms with Gasteiger partial charge in [-0.05, 0) is 63.5 Å². The van der Waals surface area contributed by atoms with Crippen LogP contribution in [0.3, 0.4) is 0 Å². The van der Waals surface area contributed by atoms with Crippen molar-refractivity contribution in [1.29, 1.82) is 0 Å². The number of carbonyl (C=O) groups is 2. The summed E-state index contributed by atoms with van der Waals surface area (Å²) in [5.41, 5.74) is 3.10. The minimum Gasteiger partial charge on any atom is -0.483 e. The molecule has 1 N–H and O–H groups in total. The molecule has 3 rings (SSSR count). The van der Waals surface area contributed by atoms with Gasteiger partial charge in [0.05, 0.1) is 4.47 Å². The number of carbonyl (C=O) groups excluding carboxylic acids is 2. The highest BCUT2D eigenvalue weighted by Gasteiger charge is 2.31. The second-order valence-electron chi connectivity index (χ2n) is 10.7. The van der Waals surface area contributed by atoms with E-state index in [9.17, 15) is 9.59 Å². The maximum Gasteiger partial charge on any atom is 0.261 e. The minimum absolute atomic E-state index is 0.00277. The second-order valence-corrected chi connectivity index (χ2v) is 11.6. The molecule has 38 heavy (non-hydrogen) atoms. The Bertz CT molecular complexity index is 1190. The molecule has 3 aromatic carbocycles. The fourth-order valence-electron chi connectivity index (χ4n) is 4.08. The molecule has 0 heterocycles. The van der Waals surface area contributed by atoms with Gasteiger partial charge in [0, 0.05) is 19.0 Å². The van der Waals surface area contributed by atoms with Crippen molar-refractivity contribution in [1.82, 2.24) is 10.2 Å². The molecule has 6 heteroatoms. The summed E-state index contributed by atoms with van der Waals surface area (Å²) in [4.78, 5) is 29.0. The number of nitrogens with one attached hydrogen (secondary N) is 1. The third-order valence-corrected chi connectivity index (χ3v) is 7.24. The van der Waals surface area contributed by atoms with E-state index in [4.69, 9.17) is 4.74 Å². The van der Waals surface area contributed by atoms with E-state index in [0.29, 0.717) is 18.7 Å². The number of nitrogens with zero attached hydrogens (tertiary/aromatic N) is 1. The summed E-state index contributed by atoms with van der Waals surface area (Å²) in [7, 11) is 0. The first kappa shape index (κ1) is 29.4. The monoisotopic (exact) mass is 578 g/mol. The minimum atomic E-state index is -0.686. The zero-order chi connectivity index (χ0) is 27.7. The van der Waals surface area contributed by atoms with Crippen LogP contribution in [0.4, 0.5) is 0 Å². The van der Waals surface area contributed by atoms with Crippen LogP contribution in [-0.2, 0) is 28.0 Å². The van der Waals surface area contributed by atoms with Crippen molar-refractivity contribution in [3.05, 3.63) is 100 Å². The van der Waals surface area contributed by atoms with Crippen molar-refractivity contribution in [2.75, 3.05) is 6.61 Å². The molecule has 2 amide bonds. The number of ether oxygens (including phenoxy) is 1. The fourth-order valence-corrected chi connectivity index (χ4v) is 4.58. The van der Waals surface area contributed by atoms with Gasteiger partial charge in [-0.15, -0.1) is 0 Å². The lowest BCUT2D eigenvalue weighted by Crippen LogP contribution is -2.53. The van der Waals surface area contributed by atoms with Gasteiger partial charge in [-0.3, -0.25) is 9.59 Å². The molecule has 0 radical (unpaired) electrons. The molecule has 0 aliphatic rings. The Kier molecular flexibility index (Phi) is 10.5. The summed E-state index contributed by atoms with van der Waals surface area (Å²) in [5, 5.41) is 3.09. The Labute approximate surface area is 235 Å². The normalized spacial score (nSPS) is 12.9. The number of hydrogen-bond donors (Lipinski definition) is 1. The van der Waals surface area contributed by atoms with Gasteiger partial charge in [-0.2, -0.15) is 0 Å². The zero-order valence-corrected chi connectivity index (χ0v) is 24.6. The lowest BCUT2D eigenvalue weighted by molar-refractivity contribution is -0.143. The van der Waals surface area contributed by atoms with Crippen molar-refractivity contribution in [2.45, 2.75) is 71.5 Å². The molecule has 0 fully saturated rings. The molecule has 0 spiro atoms. The predicted octanol–water partition coefficient (Wildman–Crippen LogP) is 6.68. The SMILES string of the molecule is CC[C@H](C)NC(=O)[C@@H](Cc1ccccc1)N(Cc1ccccc1)C(=O)COc1ccc(C(C)(C)C)cc1Br. The van der Waals surface area contributed by atoms with Gasteiger partial charge in [-0.25, -0.2) is 0 Å². The molecule has 0 saturated carbocycles. The van der Waals surface area contributed by atoms with Crippen LogP contribution in [0, 0.1) is 0 Å². The molecule has 0 bridgehead atoms. The Morgan fingerprint density at radius 3 is 2.11 bits per heavy atom. The summed E-state index contributed by atoms with van der Waals surface area (Å²) < 4.78 is 6.79. The van der Waals surface area contributed by atoms with Crippen molar-refractivity contribution in [3.8, 4) is 5.75 Å². The van der Waals surface area contributed by atoms with Gasteiger partial charge in [0.15, 0.2) is 6.61 Å². The Morgan fingerprint density at radius 2 is 1.55 bits per heavy atom. The lowest BCUT2D eigenvalue weighted by atomic mass is 9.87. The van der Waals surface area contributed by atoms with E-state index >= 15 is 0 Å². The highest BCUT2D eigenvalue weighted by Crippen LogP contribution is 2.31. The molecule has 3 aromatic rings. The zero-order valence-electron chi connectivity index (χ0n) is 23.0. The van der Waals surface area contributed by atoms with Gasteiger partial charge < -0.3 is 15.0 Å². The number of hydrogen-bond acceptors (Lipinski definition) is 3. The van der Waals surface area contributed by atoms with E-state index in [2.05, 4.69) is 42.0 Å². The summed E-state index contributed by atoms with van der Waals surface area (Å²) in [6.45, 7) is 10.6. The van der Waals surface area contributed by atoms with Gasteiger partial charge in [0.2, 0.25) is 5.91 Å². The number of amides is 2. The first-order valence-corrected chi connectivity index (χ1v) is 14.0. The van der Waals surface area contributed by atoms with Gasteiger partial charge in [0.25, 0.3) is 5.91 Å². The van der Waals surface area contributed by atoms with E-state index in [0.717, 1.165) is 22.0 Å². The summed E-state index contributed by atoms with van der Waals surface area (Å²) in [6, 6.07) is 24.8. The van der Waals surface area contributed by atoms with Gasteiger partial charge >= 0.3 is 0 Å². The Balaban J connectivity index is 1.89. The highest BCUT2D eigenvalue weighted by atomic mass is 79.9. The summed E-state index contributed by atoms with van der Waals surface area (Å²) in [5.74, 6) is 0.179. The van der Waals surface area contributed by atoms with E-state index in [1.807, 2.05) is 92.7 Å². The average Bonchev–Trinajstić information content (AvgIpc) is 2.90. The molecule has 2 atom stereocenters. The summed E-state index contributed by atoms with van der Waals surface area (Å²) in [6.07, 6.45) is 1.21. The molecule has 0 unspecified atom stereocenters. The average molecular weight is 580 g/mol. The Hall–Kier alpha value is -3.12. The van der Waals surface area contributed by atoms with Crippen molar-refractivity contribution in [2.24, 2.45) is 0 Å². The van der Waals surface area contributed by atoms with Crippen molar-refractivity contribution < 1.29 is 14.3 Å². The number of rotatable bonds is 11. The molecule has 0 aliphatic heterocycles. The highest BCUT2D eigenvalue weighted by molar-refractivity contribution is 9.10. The number of benzene rings is 3. The largest absolute Gasteiger partial charge is 0.483 e. The molecule has 202 valence electrons. The van der Waals surface area contributed by atoms with Crippen LogP contribution in [0.2, 0.25) is 0 Å². The van der Waals surface area contributed by atoms with Crippen molar-refractivity contribution >= 4 is 27.7 Å². The molecule has 0 aliphatic carbocycles. The lowest BCUT2D eigenvalue weighted by Gasteiger charge is -2.32. The molecular weight excluding hydrogens is 540 g/mol. The molecule has 0 aromatic heterocycles. The molecular formula is C32H39BrN2O3. The van der Waals surface area contributed by atoms with E-state index in [1.54, 1.807) is 4.90 Å². The maximum absolute atomic E-state index is 13.8. The van der Waals surface area contributed by atoms with Crippen molar-refractivity contribution in [3.63, 3.8) is 0 Å². The fraction of sp³-hybridized carbons (Fsp3) is 0.375. The van der Waals surface area contributed by atoms with Gasteiger partial charge in [0.1, 0.15) is 11.8 Å². The van der Waals surface area contributed by atoms with Crippen LogP contribution in [-0.4, -0.2) is 35.4 Å². The molecule has 5 nitrogen and oxygen atoms in total. The Morgan fingerprint density at radius 1 is 0.947 bits per heavy atom. The quantitative estimate of drug-likeness (QED) is 0.276.